The molecule has 5 nitrogen and oxygen atoms in total. The molecule has 2 amide bonds. The second-order valence-electron chi connectivity index (χ2n) is 6.00. The Hall–Kier alpha value is -1.60. The highest BCUT2D eigenvalue weighted by Crippen LogP contribution is 2.24. The van der Waals surface area contributed by atoms with Crippen molar-refractivity contribution in [3.8, 4) is 0 Å². The van der Waals surface area contributed by atoms with E-state index in [1.807, 2.05) is 24.3 Å². The van der Waals surface area contributed by atoms with E-state index in [4.69, 9.17) is 28.9 Å². The van der Waals surface area contributed by atoms with E-state index in [-0.39, 0.29) is 13.0 Å². The predicted octanol–water partition coefficient (Wildman–Crippen LogP) is 3.77. The van der Waals surface area contributed by atoms with E-state index in [0.29, 0.717) is 15.7 Å². The number of hydrogen-bond acceptors (Lipinski definition) is 3. The van der Waals surface area contributed by atoms with Crippen LogP contribution in [0.1, 0.15) is 12.5 Å². The first-order chi connectivity index (χ1) is 12.2. The Balaban J connectivity index is 2.27. The molecule has 0 spiro atoms. The van der Waals surface area contributed by atoms with E-state index < -0.39 is 17.4 Å². The Kier molecular flexibility index (Phi) is 7.06. The van der Waals surface area contributed by atoms with Crippen LogP contribution in [0.4, 0.5) is 5.69 Å². The number of hydrogen-bond donors (Lipinski definition) is 3. The van der Waals surface area contributed by atoms with Crippen molar-refractivity contribution in [1.82, 2.24) is 5.32 Å². The van der Waals surface area contributed by atoms with Gasteiger partial charge in [-0.3, -0.25) is 9.59 Å². The summed E-state index contributed by atoms with van der Waals surface area (Å²) >= 11 is 15.3. The molecule has 4 N–H and O–H groups in total. The van der Waals surface area contributed by atoms with Crippen molar-refractivity contribution in [3.63, 3.8) is 0 Å². The van der Waals surface area contributed by atoms with Gasteiger partial charge in [-0.15, -0.1) is 0 Å². The van der Waals surface area contributed by atoms with Crippen LogP contribution in [0.25, 0.3) is 0 Å². The quantitative estimate of drug-likeness (QED) is 0.615. The zero-order chi connectivity index (χ0) is 19.3. The fraction of sp³-hybridized carbons (Fsp3) is 0.222. The lowest BCUT2D eigenvalue weighted by molar-refractivity contribution is -0.129. The van der Waals surface area contributed by atoms with Crippen LogP contribution in [0.15, 0.2) is 46.9 Å². The van der Waals surface area contributed by atoms with Crippen LogP contribution in [0, 0.1) is 0 Å². The van der Waals surface area contributed by atoms with Crippen molar-refractivity contribution in [2.75, 3.05) is 11.9 Å². The Morgan fingerprint density at radius 3 is 2.23 bits per heavy atom. The number of anilines is 1. The largest absolute Gasteiger partial charge is 0.341 e. The van der Waals surface area contributed by atoms with Gasteiger partial charge < -0.3 is 16.4 Å². The smallest absolute Gasteiger partial charge is 0.250 e. The van der Waals surface area contributed by atoms with Crippen molar-refractivity contribution < 1.29 is 9.59 Å². The van der Waals surface area contributed by atoms with Crippen LogP contribution in [-0.2, 0) is 16.0 Å². The summed E-state index contributed by atoms with van der Waals surface area (Å²) < 4.78 is 0.923. The van der Waals surface area contributed by atoms with Gasteiger partial charge in [0.05, 0.1) is 6.54 Å². The Labute approximate surface area is 170 Å². The zero-order valence-electron chi connectivity index (χ0n) is 14.0. The van der Waals surface area contributed by atoms with Gasteiger partial charge >= 0.3 is 0 Å². The molecule has 0 radical (unpaired) electrons. The lowest BCUT2D eigenvalue weighted by Gasteiger charge is -2.30. The van der Waals surface area contributed by atoms with E-state index in [1.165, 1.54) is 0 Å². The molecular weight excluding hydrogens is 441 g/mol. The summed E-state index contributed by atoms with van der Waals surface area (Å²) in [5, 5.41) is 6.25. The predicted molar refractivity (Wildman–Crippen MR) is 109 cm³/mol. The maximum Gasteiger partial charge on any atom is 0.250 e. The first-order valence-electron chi connectivity index (χ1n) is 7.75. The molecule has 1 atom stereocenters. The first-order valence-corrected chi connectivity index (χ1v) is 9.30. The van der Waals surface area contributed by atoms with Gasteiger partial charge in [0.25, 0.3) is 0 Å². The van der Waals surface area contributed by atoms with E-state index in [9.17, 15) is 9.59 Å². The SMILES string of the molecule is C[C@](Cc1ccc(Br)cc1)(NC(=O)CN)C(=O)Nc1cc(Cl)cc(Cl)c1. The third-order valence-electron chi connectivity index (χ3n) is 3.69. The molecule has 0 heterocycles. The molecule has 0 aliphatic carbocycles. The van der Waals surface area contributed by atoms with Crippen LogP contribution >= 0.6 is 39.1 Å². The van der Waals surface area contributed by atoms with Crippen LogP contribution in [0.3, 0.4) is 0 Å². The number of rotatable bonds is 6. The van der Waals surface area contributed by atoms with Gasteiger partial charge in [-0.25, -0.2) is 0 Å². The fourth-order valence-corrected chi connectivity index (χ4v) is 3.24. The van der Waals surface area contributed by atoms with E-state index >= 15 is 0 Å². The minimum atomic E-state index is -1.21. The minimum absolute atomic E-state index is 0.216. The summed E-state index contributed by atoms with van der Waals surface area (Å²) in [5.74, 6) is -0.829. The highest BCUT2D eigenvalue weighted by Gasteiger charge is 2.35. The molecule has 2 rings (SSSR count). The second-order valence-corrected chi connectivity index (χ2v) is 7.79. The standard InChI is InChI=1S/C18H18BrCl2N3O2/c1-18(24-16(25)10-22,9-11-2-4-12(19)5-3-11)17(26)23-15-7-13(20)6-14(21)8-15/h2-8H,9-10,22H2,1H3,(H,23,26)(H,24,25)/t18-/m1/s1. The van der Waals surface area contributed by atoms with Crippen molar-refractivity contribution in [2.45, 2.75) is 18.9 Å². The minimum Gasteiger partial charge on any atom is -0.341 e. The molecule has 2 aromatic carbocycles. The van der Waals surface area contributed by atoms with Crippen LogP contribution in [-0.4, -0.2) is 23.9 Å². The normalized spacial score (nSPS) is 13.0. The van der Waals surface area contributed by atoms with Crippen molar-refractivity contribution in [3.05, 3.63) is 62.5 Å². The van der Waals surface area contributed by atoms with Crippen LogP contribution < -0.4 is 16.4 Å². The Bertz CT molecular complexity index is 794. The van der Waals surface area contributed by atoms with E-state index in [0.717, 1.165) is 10.0 Å². The zero-order valence-corrected chi connectivity index (χ0v) is 17.1. The van der Waals surface area contributed by atoms with Crippen molar-refractivity contribution in [2.24, 2.45) is 5.73 Å². The molecule has 0 bridgehead atoms. The fourth-order valence-electron chi connectivity index (χ4n) is 2.45. The molecule has 26 heavy (non-hydrogen) atoms. The number of carbonyl (C=O) groups excluding carboxylic acids is 2. The number of nitrogens with two attached hydrogens (primary N) is 1. The van der Waals surface area contributed by atoms with Gasteiger partial charge in [-0.1, -0.05) is 51.3 Å². The molecule has 2 aromatic rings. The third kappa shape index (κ3) is 5.71. The summed E-state index contributed by atoms with van der Waals surface area (Å²) in [6, 6.07) is 12.2. The van der Waals surface area contributed by atoms with Crippen molar-refractivity contribution >= 4 is 56.6 Å². The molecule has 0 aliphatic heterocycles. The number of halogens is 3. The molecule has 0 saturated carbocycles. The average molecular weight is 459 g/mol. The molecule has 0 saturated heterocycles. The van der Waals surface area contributed by atoms with E-state index in [2.05, 4.69) is 26.6 Å². The highest BCUT2D eigenvalue weighted by molar-refractivity contribution is 9.10. The van der Waals surface area contributed by atoms with Gasteiger partial charge in [-0.05, 0) is 42.8 Å². The molecule has 0 fully saturated rings. The topological polar surface area (TPSA) is 84.2 Å². The molecule has 0 unspecified atom stereocenters. The second kappa shape index (κ2) is 8.86. The first kappa shape index (κ1) is 20.7. The number of amides is 2. The summed E-state index contributed by atoms with van der Waals surface area (Å²) in [6.45, 7) is 1.43. The average Bonchev–Trinajstić information content (AvgIpc) is 2.55. The molecule has 8 heteroatoms. The molecule has 0 aromatic heterocycles. The van der Waals surface area contributed by atoms with Gasteiger partial charge in [-0.2, -0.15) is 0 Å². The van der Waals surface area contributed by atoms with Gasteiger partial charge in [0, 0.05) is 26.6 Å². The van der Waals surface area contributed by atoms with Gasteiger partial charge in [0.15, 0.2) is 0 Å². The molecule has 0 aliphatic rings. The Morgan fingerprint density at radius 2 is 1.69 bits per heavy atom. The van der Waals surface area contributed by atoms with Crippen molar-refractivity contribution in [1.29, 1.82) is 0 Å². The Morgan fingerprint density at radius 1 is 1.12 bits per heavy atom. The summed E-state index contributed by atoms with van der Waals surface area (Å²) in [5.41, 5.74) is 5.51. The lowest BCUT2D eigenvalue weighted by Crippen LogP contribution is -2.57. The van der Waals surface area contributed by atoms with Crippen LogP contribution in [0.2, 0.25) is 10.0 Å². The maximum absolute atomic E-state index is 12.9. The summed E-state index contributed by atoms with van der Waals surface area (Å²) in [6.07, 6.45) is 0.284. The van der Waals surface area contributed by atoms with Gasteiger partial charge in [0.2, 0.25) is 11.8 Å². The van der Waals surface area contributed by atoms with Gasteiger partial charge in [0.1, 0.15) is 5.54 Å². The third-order valence-corrected chi connectivity index (χ3v) is 4.66. The monoisotopic (exact) mass is 457 g/mol. The molecule has 138 valence electrons. The number of nitrogens with one attached hydrogen (secondary N) is 2. The lowest BCUT2D eigenvalue weighted by atomic mass is 9.91. The number of benzene rings is 2. The molecular formula is C18H18BrCl2N3O2. The number of carbonyl (C=O) groups is 2. The summed E-state index contributed by atoms with van der Waals surface area (Å²) in [7, 11) is 0. The van der Waals surface area contributed by atoms with E-state index in [1.54, 1.807) is 25.1 Å². The maximum atomic E-state index is 12.9. The van der Waals surface area contributed by atoms with Crippen LogP contribution in [0.5, 0.6) is 0 Å². The highest BCUT2D eigenvalue weighted by atomic mass is 79.9. The summed E-state index contributed by atoms with van der Waals surface area (Å²) in [4.78, 5) is 24.8.